The largest absolute Gasteiger partial charge is 0.434 e. The molecule has 1 aromatic heterocycles. The Balaban J connectivity index is 1.58. The van der Waals surface area contributed by atoms with Gasteiger partial charge in [-0.1, -0.05) is 30.3 Å². The molecule has 2 N–H and O–H groups in total. The summed E-state index contributed by atoms with van der Waals surface area (Å²) in [6.07, 6.45) is 3.61. The van der Waals surface area contributed by atoms with Crippen molar-refractivity contribution in [1.29, 1.82) is 0 Å². The van der Waals surface area contributed by atoms with Crippen LogP contribution in [0.15, 0.2) is 72.0 Å². The van der Waals surface area contributed by atoms with Crippen molar-refractivity contribution in [2.75, 3.05) is 7.05 Å². The highest BCUT2D eigenvalue weighted by molar-refractivity contribution is 5.79. The SMILES string of the molecule is CN=C(NCc1cccc(-n2cccn2)c1)NCc1ccccc1OC(F)F. The number of nitrogens with zero attached hydrogens (tertiary/aromatic N) is 3. The van der Waals surface area contributed by atoms with E-state index < -0.39 is 6.61 Å². The Morgan fingerprint density at radius 3 is 2.68 bits per heavy atom. The lowest BCUT2D eigenvalue weighted by Gasteiger charge is -2.15. The Labute approximate surface area is 161 Å². The number of aliphatic imine (C=N–C) groups is 1. The molecule has 8 heteroatoms. The lowest BCUT2D eigenvalue weighted by atomic mass is 10.2. The second-order valence-corrected chi connectivity index (χ2v) is 5.89. The second-order valence-electron chi connectivity index (χ2n) is 5.89. The zero-order chi connectivity index (χ0) is 19.8. The van der Waals surface area contributed by atoms with Crippen LogP contribution < -0.4 is 15.4 Å². The average molecular weight is 385 g/mol. The number of guanidine groups is 1. The third-order valence-corrected chi connectivity index (χ3v) is 4.00. The first-order chi connectivity index (χ1) is 13.7. The first kappa shape index (κ1) is 19.3. The van der Waals surface area contributed by atoms with Gasteiger partial charge >= 0.3 is 6.61 Å². The highest BCUT2D eigenvalue weighted by Gasteiger charge is 2.09. The summed E-state index contributed by atoms with van der Waals surface area (Å²) >= 11 is 0. The Morgan fingerprint density at radius 1 is 1.11 bits per heavy atom. The number of ether oxygens (including phenoxy) is 1. The predicted octanol–water partition coefficient (Wildman–Crippen LogP) is 3.34. The van der Waals surface area contributed by atoms with Crippen LogP contribution in [0.3, 0.4) is 0 Å². The van der Waals surface area contributed by atoms with Crippen molar-refractivity contribution in [2.24, 2.45) is 4.99 Å². The van der Waals surface area contributed by atoms with Crippen molar-refractivity contribution < 1.29 is 13.5 Å². The summed E-state index contributed by atoms with van der Waals surface area (Å²) in [5.74, 6) is 0.698. The first-order valence-corrected chi connectivity index (χ1v) is 8.72. The van der Waals surface area contributed by atoms with E-state index in [4.69, 9.17) is 0 Å². The maximum atomic E-state index is 12.5. The molecule has 0 radical (unpaired) electrons. The molecule has 1 heterocycles. The monoisotopic (exact) mass is 385 g/mol. The minimum atomic E-state index is -2.86. The third-order valence-electron chi connectivity index (χ3n) is 4.00. The van der Waals surface area contributed by atoms with E-state index in [0.29, 0.717) is 24.6 Å². The maximum absolute atomic E-state index is 12.5. The molecule has 0 saturated carbocycles. The molecule has 0 aliphatic rings. The van der Waals surface area contributed by atoms with Crippen LogP contribution in [0.5, 0.6) is 5.75 Å². The number of para-hydroxylation sites is 1. The molecule has 3 rings (SSSR count). The summed E-state index contributed by atoms with van der Waals surface area (Å²) in [7, 11) is 1.65. The third kappa shape index (κ3) is 5.29. The van der Waals surface area contributed by atoms with E-state index in [-0.39, 0.29) is 5.75 Å². The highest BCUT2D eigenvalue weighted by Crippen LogP contribution is 2.19. The van der Waals surface area contributed by atoms with Gasteiger partial charge in [-0.3, -0.25) is 4.99 Å². The molecule has 146 valence electrons. The van der Waals surface area contributed by atoms with E-state index in [1.54, 1.807) is 36.1 Å². The van der Waals surface area contributed by atoms with Gasteiger partial charge in [0.1, 0.15) is 5.75 Å². The number of alkyl halides is 2. The first-order valence-electron chi connectivity index (χ1n) is 8.72. The highest BCUT2D eigenvalue weighted by atomic mass is 19.3. The second kappa shape index (κ2) is 9.50. The summed E-state index contributed by atoms with van der Waals surface area (Å²) in [6.45, 7) is -2.01. The molecular weight excluding hydrogens is 364 g/mol. The van der Waals surface area contributed by atoms with Crippen molar-refractivity contribution in [1.82, 2.24) is 20.4 Å². The molecule has 28 heavy (non-hydrogen) atoms. The molecule has 0 unspecified atom stereocenters. The zero-order valence-corrected chi connectivity index (χ0v) is 15.3. The molecule has 0 atom stereocenters. The molecule has 0 bridgehead atoms. The Hall–Kier alpha value is -3.42. The van der Waals surface area contributed by atoms with E-state index in [1.807, 2.05) is 36.5 Å². The van der Waals surface area contributed by atoms with Gasteiger partial charge < -0.3 is 15.4 Å². The Kier molecular flexibility index (Phi) is 6.56. The lowest BCUT2D eigenvalue weighted by molar-refractivity contribution is -0.0504. The van der Waals surface area contributed by atoms with Crippen LogP contribution in [0.1, 0.15) is 11.1 Å². The number of halogens is 2. The molecule has 3 aromatic rings. The van der Waals surface area contributed by atoms with Crippen LogP contribution in [0.4, 0.5) is 8.78 Å². The molecule has 6 nitrogen and oxygen atoms in total. The van der Waals surface area contributed by atoms with Crippen molar-refractivity contribution in [3.8, 4) is 11.4 Å². The average Bonchev–Trinajstić information content (AvgIpc) is 3.24. The zero-order valence-electron chi connectivity index (χ0n) is 15.3. The summed E-state index contributed by atoms with van der Waals surface area (Å²) in [5.41, 5.74) is 2.63. The van der Waals surface area contributed by atoms with Crippen molar-refractivity contribution in [3.63, 3.8) is 0 Å². The normalized spacial score (nSPS) is 11.5. The van der Waals surface area contributed by atoms with Gasteiger partial charge in [-0.05, 0) is 29.8 Å². The Morgan fingerprint density at radius 2 is 1.93 bits per heavy atom. The van der Waals surface area contributed by atoms with E-state index in [2.05, 4.69) is 25.5 Å². The summed E-state index contributed by atoms with van der Waals surface area (Å²) in [5, 5.41) is 10.5. The van der Waals surface area contributed by atoms with Gasteiger partial charge in [0.15, 0.2) is 5.96 Å². The molecule has 0 amide bonds. The number of nitrogens with one attached hydrogen (secondary N) is 2. The minimum Gasteiger partial charge on any atom is -0.434 e. The molecule has 0 aliphatic heterocycles. The summed E-state index contributed by atoms with van der Waals surface area (Å²) in [6, 6.07) is 16.5. The van der Waals surface area contributed by atoms with Gasteiger partial charge in [-0.2, -0.15) is 13.9 Å². The number of benzene rings is 2. The van der Waals surface area contributed by atoms with Gasteiger partial charge in [-0.15, -0.1) is 0 Å². The molecule has 0 saturated heterocycles. The van der Waals surface area contributed by atoms with Crippen LogP contribution in [-0.4, -0.2) is 29.4 Å². The summed E-state index contributed by atoms with van der Waals surface area (Å²) in [4.78, 5) is 4.17. The fourth-order valence-corrected chi connectivity index (χ4v) is 2.68. The van der Waals surface area contributed by atoms with Crippen molar-refractivity contribution >= 4 is 5.96 Å². The van der Waals surface area contributed by atoms with E-state index >= 15 is 0 Å². The molecular formula is C20H21F2N5O. The maximum Gasteiger partial charge on any atom is 0.387 e. The van der Waals surface area contributed by atoms with Crippen LogP contribution in [-0.2, 0) is 13.1 Å². The van der Waals surface area contributed by atoms with Gasteiger partial charge in [0.2, 0.25) is 0 Å². The van der Waals surface area contributed by atoms with Crippen LogP contribution >= 0.6 is 0 Å². The number of rotatable bonds is 7. The van der Waals surface area contributed by atoms with Crippen molar-refractivity contribution in [2.45, 2.75) is 19.7 Å². The number of hydrogen-bond acceptors (Lipinski definition) is 3. The number of aromatic nitrogens is 2. The van der Waals surface area contributed by atoms with Gasteiger partial charge in [0, 0.05) is 38.1 Å². The Bertz CT molecular complexity index is 912. The molecule has 0 spiro atoms. The minimum absolute atomic E-state index is 0.146. The van der Waals surface area contributed by atoms with Crippen LogP contribution in [0.25, 0.3) is 5.69 Å². The fraction of sp³-hybridized carbons (Fsp3) is 0.200. The lowest BCUT2D eigenvalue weighted by Crippen LogP contribution is -2.36. The smallest absolute Gasteiger partial charge is 0.387 e. The van der Waals surface area contributed by atoms with Gasteiger partial charge in [0.05, 0.1) is 5.69 Å². The number of hydrogen-bond donors (Lipinski definition) is 2. The van der Waals surface area contributed by atoms with Crippen LogP contribution in [0.2, 0.25) is 0 Å². The van der Waals surface area contributed by atoms with Crippen molar-refractivity contribution in [3.05, 3.63) is 78.1 Å². The standard InChI is InChI=1S/C20H21F2N5O/c1-23-20(25-14-16-7-2-3-9-18(16)28-19(21)22)24-13-15-6-4-8-17(12-15)27-11-5-10-26-27/h2-12,19H,13-14H2,1H3,(H2,23,24,25). The molecule has 0 aliphatic carbocycles. The topological polar surface area (TPSA) is 63.5 Å². The van der Waals surface area contributed by atoms with Gasteiger partial charge in [0.25, 0.3) is 0 Å². The molecule has 0 fully saturated rings. The van der Waals surface area contributed by atoms with Gasteiger partial charge in [-0.25, -0.2) is 4.68 Å². The predicted molar refractivity (Wildman–Crippen MR) is 104 cm³/mol. The molecule has 2 aromatic carbocycles. The van der Waals surface area contributed by atoms with E-state index in [1.165, 1.54) is 6.07 Å². The van der Waals surface area contributed by atoms with E-state index in [9.17, 15) is 8.78 Å². The van der Waals surface area contributed by atoms with E-state index in [0.717, 1.165) is 11.3 Å². The summed E-state index contributed by atoms with van der Waals surface area (Å²) < 4.78 is 31.4. The van der Waals surface area contributed by atoms with Crippen LogP contribution in [0, 0.1) is 0 Å². The quantitative estimate of drug-likeness (QED) is 0.484. The fourth-order valence-electron chi connectivity index (χ4n) is 2.68.